The summed E-state index contributed by atoms with van der Waals surface area (Å²) < 4.78 is 5.66. The minimum atomic E-state index is -0.435. The van der Waals surface area contributed by atoms with Gasteiger partial charge in [0.2, 0.25) is 0 Å². The molecule has 0 saturated carbocycles. The lowest BCUT2D eigenvalue weighted by Crippen LogP contribution is -2.32. The topological polar surface area (TPSA) is 58.6 Å². The number of para-hydroxylation sites is 2. The van der Waals surface area contributed by atoms with Crippen LogP contribution in [0.25, 0.3) is 5.57 Å². The van der Waals surface area contributed by atoms with E-state index in [0.717, 1.165) is 5.56 Å². The molecule has 0 unspecified atom stereocenters. The highest BCUT2D eigenvalue weighted by molar-refractivity contribution is 7.11. The van der Waals surface area contributed by atoms with Gasteiger partial charge in [0.05, 0.1) is 17.9 Å². The molecule has 0 atom stereocenters. The highest BCUT2D eigenvalue weighted by Gasteiger charge is 2.41. The van der Waals surface area contributed by atoms with E-state index in [1.807, 2.05) is 43.5 Å². The molecule has 0 fully saturated rings. The Morgan fingerprint density at radius 1 is 1.07 bits per heavy atom. The number of ether oxygens (including phenoxy) is 1. The molecule has 1 aliphatic heterocycles. The zero-order valence-electron chi connectivity index (χ0n) is 16.4. The van der Waals surface area contributed by atoms with Gasteiger partial charge in [0.25, 0.3) is 11.8 Å². The summed E-state index contributed by atoms with van der Waals surface area (Å²) in [5.74, 6) is -0.348. The van der Waals surface area contributed by atoms with Gasteiger partial charge in [0.15, 0.2) is 0 Å². The molecule has 1 aromatic heterocycles. The number of amides is 2. The number of carbonyl (C=O) groups excluding carboxylic acids is 2. The van der Waals surface area contributed by atoms with Gasteiger partial charge < -0.3 is 10.1 Å². The van der Waals surface area contributed by atoms with Crippen LogP contribution in [0.2, 0.25) is 5.02 Å². The lowest BCUT2D eigenvalue weighted by Gasteiger charge is -2.19. The normalized spacial score (nSPS) is 13.9. The Balaban J connectivity index is 1.83. The molecule has 0 radical (unpaired) electrons. The lowest BCUT2D eigenvalue weighted by atomic mass is 10.1. The Morgan fingerprint density at radius 3 is 2.60 bits per heavy atom. The molecule has 3 aromatic rings. The number of benzene rings is 2. The van der Waals surface area contributed by atoms with Crippen LogP contribution in [0.15, 0.2) is 65.7 Å². The van der Waals surface area contributed by atoms with Crippen molar-refractivity contribution in [1.29, 1.82) is 0 Å². The third-order valence-corrected chi connectivity index (χ3v) is 5.84. The van der Waals surface area contributed by atoms with Gasteiger partial charge in [-0.25, -0.2) is 4.90 Å². The van der Waals surface area contributed by atoms with Crippen LogP contribution in [0, 0.1) is 6.92 Å². The summed E-state index contributed by atoms with van der Waals surface area (Å²) in [4.78, 5) is 28.8. The van der Waals surface area contributed by atoms with Crippen molar-refractivity contribution < 1.29 is 14.3 Å². The molecular formula is C23H19ClN2O3S. The van der Waals surface area contributed by atoms with Crippen LogP contribution in [0.5, 0.6) is 5.75 Å². The van der Waals surface area contributed by atoms with Gasteiger partial charge in [-0.15, -0.1) is 11.3 Å². The van der Waals surface area contributed by atoms with E-state index in [1.54, 1.807) is 30.3 Å². The molecule has 2 amide bonds. The summed E-state index contributed by atoms with van der Waals surface area (Å²) in [6, 6.07) is 16.1. The number of carbonyl (C=O) groups is 2. The van der Waals surface area contributed by atoms with Crippen LogP contribution >= 0.6 is 22.9 Å². The average molecular weight is 439 g/mol. The zero-order valence-corrected chi connectivity index (χ0v) is 18.0. The predicted octanol–water partition coefficient (Wildman–Crippen LogP) is 5.51. The van der Waals surface area contributed by atoms with E-state index >= 15 is 0 Å². The molecule has 0 spiro atoms. The van der Waals surface area contributed by atoms with Crippen LogP contribution in [-0.2, 0) is 9.59 Å². The number of thiophene rings is 1. The van der Waals surface area contributed by atoms with E-state index in [9.17, 15) is 9.59 Å². The molecule has 30 heavy (non-hydrogen) atoms. The number of hydrogen-bond donors (Lipinski definition) is 1. The second kappa shape index (κ2) is 8.34. The van der Waals surface area contributed by atoms with Crippen LogP contribution in [-0.4, -0.2) is 18.4 Å². The standard InChI is InChI=1S/C23H19ClN2O3S/c1-3-29-18-8-5-4-7-17(18)26-22(27)20(19-9-6-12-30-19)21(23(26)28)25-16-13-15(24)11-10-14(16)2/h4-13,25H,3H2,1-2H3. The summed E-state index contributed by atoms with van der Waals surface area (Å²) in [6.07, 6.45) is 0. The van der Waals surface area contributed by atoms with Crippen molar-refractivity contribution in [3.05, 3.63) is 81.1 Å². The van der Waals surface area contributed by atoms with Crippen molar-refractivity contribution in [1.82, 2.24) is 0 Å². The summed E-state index contributed by atoms with van der Waals surface area (Å²) in [7, 11) is 0. The third kappa shape index (κ3) is 3.60. The van der Waals surface area contributed by atoms with Crippen molar-refractivity contribution in [3.8, 4) is 5.75 Å². The average Bonchev–Trinajstić information content (AvgIpc) is 3.33. The molecule has 0 bridgehead atoms. The number of nitrogens with zero attached hydrogens (tertiary/aromatic N) is 1. The highest BCUT2D eigenvalue weighted by atomic mass is 35.5. The van der Waals surface area contributed by atoms with Crippen LogP contribution in [0.3, 0.4) is 0 Å². The number of halogens is 1. The Bertz CT molecular complexity index is 1160. The zero-order chi connectivity index (χ0) is 21.3. The van der Waals surface area contributed by atoms with E-state index in [2.05, 4.69) is 5.32 Å². The molecular weight excluding hydrogens is 420 g/mol. The molecule has 1 N–H and O–H groups in total. The fourth-order valence-electron chi connectivity index (χ4n) is 3.30. The van der Waals surface area contributed by atoms with Crippen LogP contribution < -0.4 is 15.0 Å². The van der Waals surface area contributed by atoms with Crippen molar-refractivity contribution in [3.63, 3.8) is 0 Å². The predicted molar refractivity (Wildman–Crippen MR) is 121 cm³/mol. The maximum Gasteiger partial charge on any atom is 0.282 e. The summed E-state index contributed by atoms with van der Waals surface area (Å²) >= 11 is 7.55. The number of anilines is 2. The van der Waals surface area contributed by atoms with E-state index < -0.39 is 11.8 Å². The van der Waals surface area contributed by atoms with E-state index in [4.69, 9.17) is 16.3 Å². The Kier molecular flexibility index (Phi) is 5.61. The summed E-state index contributed by atoms with van der Waals surface area (Å²) in [6.45, 7) is 4.19. The molecule has 152 valence electrons. The first-order valence-electron chi connectivity index (χ1n) is 9.43. The number of aryl methyl sites for hydroxylation is 1. The van der Waals surface area contributed by atoms with Gasteiger partial charge in [-0.05, 0) is 55.1 Å². The van der Waals surface area contributed by atoms with Gasteiger partial charge in [0.1, 0.15) is 11.4 Å². The fraction of sp³-hybridized carbons (Fsp3) is 0.130. The van der Waals surface area contributed by atoms with E-state index in [1.165, 1.54) is 16.2 Å². The SMILES string of the molecule is CCOc1ccccc1N1C(=O)C(Nc2cc(Cl)ccc2C)=C(c2cccs2)C1=O. The molecule has 0 aliphatic carbocycles. The molecule has 0 saturated heterocycles. The maximum absolute atomic E-state index is 13.5. The Hall–Kier alpha value is -3.09. The van der Waals surface area contributed by atoms with Crippen molar-refractivity contribution in [2.24, 2.45) is 0 Å². The monoisotopic (exact) mass is 438 g/mol. The molecule has 2 aromatic carbocycles. The quantitative estimate of drug-likeness (QED) is 0.516. The molecule has 7 heteroatoms. The second-order valence-electron chi connectivity index (χ2n) is 6.66. The summed E-state index contributed by atoms with van der Waals surface area (Å²) in [5, 5.41) is 5.58. The van der Waals surface area contributed by atoms with E-state index in [0.29, 0.717) is 39.2 Å². The molecule has 2 heterocycles. The minimum absolute atomic E-state index is 0.221. The van der Waals surface area contributed by atoms with Gasteiger partial charge in [-0.3, -0.25) is 9.59 Å². The number of imide groups is 1. The minimum Gasteiger partial charge on any atom is -0.492 e. The van der Waals surface area contributed by atoms with Crippen molar-refractivity contribution >= 4 is 51.7 Å². The second-order valence-corrected chi connectivity index (χ2v) is 8.04. The largest absolute Gasteiger partial charge is 0.492 e. The Labute approximate surface area is 183 Å². The highest BCUT2D eigenvalue weighted by Crippen LogP contribution is 2.39. The first-order chi connectivity index (χ1) is 14.5. The van der Waals surface area contributed by atoms with Crippen LogP contribution in [0.1, 0.15) is 17.4 Å². The van der Waals surface area contributed by atoms with Gasteiger partial charge in [-0.1, -0.05) is 35.9 Å². The smallest absolute Gasteiger partial charge is 0.282 e. The van der Waals surface area contributed by atoms with Gasteiger partial charge in [0, 0.05) is 15.6 Å². The number of nitrogens with one attached hydrogen (secondary N) is 1. The first-order valence-corrected chi connectivity index (χ1v) is 10.7. The molecule has 4 rings (SSSR count). The van der Waals surface area contributed by atoms with Gasteiger partial charge in [-0.2, -0.15) is 0 Å². The fourth-order valence-corrected chi connectivity index (χ4v) is 4.24. The maximum atomic E-state index is 13.5. The van der Waals surface area contributed by atoms with E-state index in [-0.39, 0.29) is 5.70 Å². The Morgan fingerprint density at radius 2 is 1.87 bits per heavy atom. The third-order valence-electron chi connectivity index (χ3n) is 4.72. The van der Waals surface area contributed by atoms with Crippen LogP contribution in [0.4, 0.5) is 11.4 Å². The summed E-state index contributed by atoms with van der Waals surface area (Å²) in [5.41, 5.74) is 2.56. The molecule has 1 aliphatic rings. The van der Waals surface area contributed by atoms with Crippen molar-refractivity contribution in [2.45, 2.75) is 13.8 Å². The number of hydrogen-bond acceptors (Lipinski definition) is 5. The first kappa shape index (κ1) is 20.2. The lowest BCUT2D eigenvalue weighted by molar-refractivity contribution is -0.120. The van der Waals surface area contributed by atoms with Gasteiger partial charge >= 0.3 is 0 Å². The van der Waals surface area contributed by atoms with Crippen molar-refractivity contribution in [2.75, 3.05) is 16.8 Å². The number of rotatable bonds is 6. The molecule has 5 nitrogen and oxygen atoms in total.